The summed E-state index contributed by atoms with van der Waals surface area (Å²) < 4.78 is 19.6. The summed E-state index contributed by atoms with van der Waals surface area (Å²) in [5, 5.41) is 10.1. The SMILES string of the molecule is O=C(CCCCCCc1ncc(C2=CC(O)=CC3(C=C2F)CC3)[nH]1)c1ncco1. The van der Waals surface area contributed by atoms with Gasteiger partial charge in [-0.2, -0.15) is 0 Å². The summed E-state index contributed by atoms with van der Waals surface area (Å²) in [4.78, 5) is 23.2. The lowest BCUT2D eigenvalue weighted by atomic mass is 10.1. The van der Waals surface area contributed by atoms with Crippen molar-refractivity contribution in [2.75, 3.05) is 0 Å². The molecule has 0 unspecified atom stereocenters. The van der Waals surface area contributed by atoms with Crippen LogP contribution in [0.15, 0.2) is 52.9 Å². The molecule has 4 rings (SSSR count). The summed E-state index contributed by atoms with van der Waals surface area (Å²) in [5.74, 6) is 0.669. The van der Waals surface area contributed by atoms with Crippen molar-refractivity contribution in [2.45, 2.75) is 51.4 Å². The van der Waals surface area contributed by atoms with Gasteiger partial charge in [0.15, 0.2) is 0 Å². The number of aliphatic hydroxyl groups excluding tert-OH is 1. The van der Waals surface area contributed by atoms with Gasteiger partial charge in [0.2, 0.25) is 5.78 Å². The van der Waals surface area contributed by atoms with Crippen molar-refractivity contribution in [3.05, 3.63) is 65.9 Å². The molecule has 1 saturated carbocycles. The fourth-order valence-electron chi connectivity index (χ4n) is 3.59. The molecule has 2 aromatic rings. The highest BCUT2D eigenvalue weighted by molar-refractivity contribution is 5.91. The number of halogens is 1. The Labute approximate surface area is 168 Å². The number of Topliss-reactive ketones (excluding diaryl/α,β-unsaturated/α-hetero) is 1. The summed E-state index contributed by atoms with van der Waals surface area (Å²) in [7, 11) is 0. The highest BCUT2D eigenvalue weighted by atomic mass is 19.1. The Morgan fingerprint density at radius 1 is 1.21 bits per heavy atom. The summed E-state index contributed by atoms with van der Waals surface area (Å²) >= 11 is 0. The highest BCUT2D eigenvalue weighted by Crippen LogP contribution is 2.52. The monoisotopic (exact) mass is 397 g/mol. The quantitative estimate of drug-likeness (QED) is 0.446. The van der Waals surface area contributed by atoms with Gasteiger partial charge < -0.3 is 14.5 Å². The van der Waals surface area contributed by atoms with Gasteiger partial charge in [0.25, 0.3) is 5.89 Å². The summed E-state index contributed by atoms with van der Waals surface area (Å²) in [6, 6.07) is 0. The van der Waals surface area contributed by atoms with Gasteiger partial charge in [-0.1, -0.05) is 12.8 Å². The number of aromatic nitrogens is 3. The van der Waals surface area contributed by atoms with Crippen molar-refractivity contribution in [3.63, 3.8) is 0 Å². The van der Waals surface area contributed by atoms with Gasteiger partial charge in [-0.25, -0.2) is 14.4 Å². The van der Waals surface area contributed by atoms with Gasteiger partial charge >= 0.3 is 0 Å². The number of hydrogen-bond acceptors (Lipinski definition) is 5. The van der Waals surface area contributed by atoms with Crippen molar-refractivity contribution in [2.24, 2.45) is 5.41 Å². The fraction of sp³-hybridized carbons (Fsp3) is 0.409. The Morgan fingerprint density at radius 2 is 2.03 bits per heavy atom. The number of allylic oxidation sites excluding steroid dienone is 5. The molecule has 2 aliphatic rings. The fourth-order valence-corrected chi connectivity index (χ4v) is 3.59. The number of H-pyrrole nitrogens is 1. The van der Waals surface area contributed by atoms with Crippen LogP contribution in [0.25, 0.3) is 5.57 Å². The molecular formula is C22H24FN3O3. The van der Waals surface area contributed by atoms with Gasteiger partial charge in [-0.15, -0.1) is 0 Å². The maximum atomic E-state index is 14.6. The number of hydrogen-bond donors (Lipinski definition) is 2. The molecule has 0 aliphatic heterocycles. The number of aryl methyl sites for hydroxylation is 1. The number of nitrogens with one attached hydrogen (secondary N) is 1. The van der Waals surface area contributed by atoms with Crippen LogP contribution in [0, 0.1) is 5.41 Å². The average Bonchev–Trinajstić information content (AvgIpc) is 3.12. The van der Waals surface area contributed by atoms with Gasteiger partial charge in [-0.3, -0.25) is 4.79 Å². The van der Waals surface area contributed by atoms with E-state index in [-0.39, 0.29) is 28.7 Å². The Kier molecular flexibility index (Phi) is 5.47. The van der Waals surface area contributed by atoms with E-state index in [4.69, 9.17) is 4.42 Å². The van der Waals surface area contributed by atoms with E-state index < -0.39 is 0 Å². The van der Waals surface area contributed by atoms with Crippen molar-refractivity contribution in [3.8, 4) is 0 Å². The molecule has 0 amide bonds. The molecule has 29 heavy (non-hydrogen) atoms. The van der Waals surface area contributed by atoms with Crippen LogP contribution in [-0.4, -0.2) is 25.8 Å². The van der Waals surface area contributed by atoms with Crippen LogP contribution in [0.5, 0.6) is 0 Å². The van der Waals surface area contributed by atoms with E-state index in [0.717, 1.165) is 50.8 Å². The van der Waals surface area contributed by atoms with Crippen molar-refractivity contribution >= 4 is 11.4 Å². The minimum absolute atomic E-state index is 0.0669. The van der Waals surface area contributed by atoms with Gasteiger partial charge in [0, 0.05) is 23.8 Å². The molecule has 0 saturated heterocycles. The summed E-state index contributed by atoms with van der Waals surface area (Å²) in [6.07, 6.45) is 15.8. The normalized spacial score (nSPS) is 17.5. The predicted molar refractivity (Wildman–Crippen MR) is 106 cm³/mol. The Morgan fingerprint density at radius 3 is 2.79 bits per heavy atom. The second kappa shape index (κ2) is 8.19. The Bertz CT molecular complexity index is 965. The molecule has 152 valence electrons. The molecule has 7 heteroatoms. The van der Waals surface area contributed by atoms with Crippen LogP contribution in [0.3, 0.4) is 0 Å². The molecule has 2 heterocycles. The minimum atomic E-state index is -0.325. The lowest BCUT2D eigenvalue weighted by Gasteiger charge is -2.03. The van der Waals surface area contributed by atoms with Crippen LogP contribution in [0.1, 0.15) is 67.1 Å². The molecule has 0 radical (unpaired) electrons. The number of oxazole rings is 1. The second-order valence-electron chi connectivity index (χ2n) is 7.77. The molecule has 0 bridgehead atoms. The molecule has 1 fully saturated rings. The zero-order valence-corrected chi connectivity index (χ0v) is 16.2. The third-order valence-corrected chi connectivity index (χ3v) is 5.38. The van der Waals surface area contributed by atoms with Crippen LogP contribution in [0.4, 0.5) is 4.39 Å². The van der Waals surface area contributed by atoms with E-state index in [1.54, 1.807) is 18.3 Å². The number of unbranched alkanes of at least 4 members (excludes halogenated alkanes) is 3. The summed E-state index contributed by atoms with van der Waals surface area (Å²) in [6.45, 7) is 0. The molecule has 2 N–H and O–H groups in total. The lowest BCUT2D eigenvalue weighted by Crippen LogP contribution is -1.99. The van der Waals surface area contributed by atoms with Crippen molar-refractivity contribution in [1.82, 2.24) is 15.0 Å². The van der Waals surface area contributed by atoms with E-state index in [9.17, 15) is 14.3 Å². The number of nitrogens with zero attached hydrogens (tertiary/aromatic N) is 2. The highest BCUT2D eigenvalue weighted by Gasteiger charge is 2.41. The summed E-state index contributed by atoms with van der Waals surface area (Å²) in [5.41, 5.74) is 0.596. The smallest absolute Gasteiger partial charge is 0.263 e. The standard InChI is InChI=1S/C22H24FN3O3/c23-17-13-22(7-8-22)12-15(27)11-16(17)18-14-25-20(26-18)6-4-2-1-3-5-19(28)21-24-9-10-29-21/h9-14,27H,1-8H2,(H,25,26). The minimum Gasteiger partial charge on any atom is -0.508 e. The zero-order chi connectivity index (χ0) is 20.3. The van der Waals surface area contributed by atoms with Gasteiger partial charge in [-0.05, 0) is 43.9 Å². The van der Waals surface area contributed by atoms with E-state index in [0.29, 0.717) is 17.7 Å². The molecule has 1 spiro atoms. The Balaban J connectivity index is 1.24. The molecule has 0 atom stereocenters. The van der Waals surface area contributed by atoms with Crippen LogP contribution in [0.2, 0.25) is 0 Å². The number of carbonyl (C=O) groups is 1. The van der Waals surface area contributed by atoms with Crippen molar-refractivity contribution < 1.29 is 18.7 Å². The maximum absolute atomic E-state index is 14.6. The molecular weight excluding hydrogens is 373 g/mol. The third kappa shape index (κ3) is 4.72. The Hall–Kier alpha value is -2.96. The number of imidazole rings is 1. The number of rotatable bonds is 9. The van der Waals surface area contributed by atoms with E-state index in [1.807, 2.05) is 0 Å². The van der Waals surface area contributed by atoms with E-state index in [1.165, 1.54) is 18.5 Å². The van der Waals surface area contributed by atoms with Crippen LogP contribution >= 0.6 is 0 Å². The molecule has 2 aliphatic carbocycles. The first kappa shape index (κ1) is 19.4. The first-order chi connectivity index (χ1) is 14.0. The number of aromatic amines is 1. The first-order valence-corrected chi connectivity index (χ1v) is 10.0. The zero-order valence-electron chi connectivity index (χ0n) is 16.2. The van der Waals surface area contributed by atoms with Gasteiger partial charge in [0.05, 0.1) is 18.1 Å². The van der Waals surface area contributed by atoms with E-state index in [2.05, 4.69) is 15.0 Å². The largest absolute Gasteiger partial charge is 0.508 e. The number of aliphatic hydroxyl groups is 1. The van der Waals surface area contributed by atoms with E-state index >= 15 is 0 Å². The van der Waals surface area contributed by atoms with Gasteiger partial charge in [0.1, 0.15) is 23.7 Å². The predicted octanol–water partition coefficient (Wildman–Crippen LogP) is 5.25. The lowest BCUT2D eigenvalue weighted by molar-refractivity contribution is 0.0945. The second-order valence-corrected chi connectivity index (χ2v) is 7.77. The number of carbonyl (C=O) groups excluding carboxylic acids is 1. The number of ketones is 1. The first-order valence-electron chi connectivity index (χ1n) is 10.0. The topological polar surface area (TPSA) is 92.0 Å². The molecule has 0 aromatic carbocycles. The maximum Gasteiger partial charge on any atom is 0.263 e. The molecule has 2 aromatic heterocycles. The third-order valence-electron chi connectivity index (χ3n) is 5.38. The van der Waals surface area contributed by atoms with Crippen LogP contribution < -0.4 is 0 Å². The average molecular weight is 397 g/mol. The van der Waals surface area contributed by atoms with Crippen LogP contribution in [-0.2, 0) is 6.42 Å². The molecule has 6 nitrogen and oxygen atoms in total. The van der Waals surface area contributed by atoms with Crippen molar-refractivity contribution in [1.29, 1.82) is 0 Å².